The van der Waals surface area contributed by atoms with Crippen LogP contribution in [0, 0.1) is 6.92 Å². The van der Waals surface area contributed by atoms with Crippen LogP contribution in [-0.2, 0) is 4.74 Å². The van der Waals surface area contributed by atoms with Crippen molar-refractivity contribution in [2.75, 3.05) is 13.2 Å². The van der Waals surface area contributed by atoms with E-state index in [1.807, 2.05) is 31.2 Å². The molecule has 1 amide bonds. The highest BCUT2D eigenvalue weighted by Crippen LogP contribution is 2.17. The first-order valence-corrected chi connectivity index (χ1v) is 7.83. The molecule has 1 aliphatic rings. The number of aromatic nitrogens is 1. The highest BCUT2D eigenvalue weighted by molar-refractivity contribution is 5.94. The van der Waals surface area contributed by atoms with Gasteiger partial charge < -0.3 is 15.0 Å². The lowest BCUT2D eigenvalue weighted by Gasteiger charge is -2.10. The number of aromatic amines is 1. The van der Waals surface area contributed by atoms with Crippen molar-refractivity contribution in [2.45, 2.75) is 25.9 Å². The van der Waals surface area contributed by atoms with Gasteiger partial charge in [-0.1, -0.05) is 23.8 Å². The fourth-order valence-electron chi connectivity index (χ4n) is 2.74. The predicted molar refractivity (Wildman–Crippen MR) is 88.5 cm³/mol. The van der Waals surface area contributed by atoms with E-state index in [-0.39, 0.29) is 23.1 Å². The average molecular weight is 312 g/mol. The highest BCUT2D eigenvalue weighted by atomic mass is 16.5. The van der Waals surface area contributed by atoms with Gasteiger partial charge in [0.15, 0.2) is 0 Å². The van der Waals surface area contributed by atoms with E-state index in [9.17, 15) is 9.59 Å². The van der Waals surface area contributed by atoms with Gasteiger partial charge in [-0.15, -0.1) is 0 Å². The number of carbonyl (C=O) groups excluding carboxylic acids is 1. The average Bonchev–Trinajstić information content (AvgIpc) is 3.06. The van der Waals surface area contributed by atoms with Crippen LogP contribution in [0.15, 0.2) is 41.2 Å². The Bertz CT molecular complexity index is 761. The number of hydrogen-bond donors (Lipinski definition) is 2. The molecule has 1 atom stereocenters. The predicted octanol–water partition coefficient (Wildman–Crippen LogP) is 2.26. The van der Waals surface area contributed by atoms with Crippen molar-refractivity contribution in [2.24, 2.45) is 0 Å². The Morgan fingerprint density at radius 2 is 2.22 bits per heavy atom. The molecule has 0 spiro atoms. The van der Waals surface area contributed by atoms with Gasteiger partial charge >= 0.3 is 0 Å². The van der Waals surface area contributed by atoms with Crippen molar-refractivity contribution in [3.63, 3.8) is 0 Å². The van der Waals surface area contributed by atoms with Crippen molar-refractivity contribution in [3.05, 3.63) is 57.9 Å². The molecule has 0 aliphatic carbocycles. The van der Waals surface area contributed by atoms with Gasteiger partial charge in [-0.05, 0) is 43.5 Å². The number of aryl methyl sites for hydroxylation is 1. The van der Waals surface area contributed by atoms with Crippen LogP contribution < -0.4 is 10.9 Å². The molecule has 0 unspecified atom stereocenters. The number of hydrogen-bond acceptors (Lipinski definition) is 3. The van der Waals surface area contributed by atoms with Gasteiger partial charge in [-0.3, -0.25) is 9.59 Å². The Hall–Kier alpha value is -2.40. The van der Waals surface area contributed by atoms with Gasteiger partial charge in [0.05, 0.1) is 6.10 Å². The summed E-state index contributed by atoms with van der Waals surface area (Å²) in [4.78, 5) is 27.1. The zero-order valence-electron chi connectivity index (χ0n) is 13.1. The number of pyridine rings is 1. The van der Waals surface area contributed by atoms with Gasteiger partial charge in [0.1, 0.15) is 5.56 Å². The minimum absolute atomic E-state index is 0.0598. The molecule has 1 aliphatic heterocycles. The van der Waals surface area contributed by atoms with Crippen molar-refractivity contribution in [3.8, 4) is 11.3 Å². The van der Waals surface area contributed by atoms with Gasteiger partial charge in [0.25, 0.3) is 11.5 Å². The first kappa shape index (κ1) is 15.5. The standard InChI is InChI=1S/C18H20N2O3/c1-12-4-2-5-13(10-12)16-8-7-15(18(22)20-16)17(21)19-11-14-6-3-9-23-14/h2,4-5,7-8,10,14H,3,6,9,11H2,1H3,(H,19,21)(H,20,22)/t14-/m1/s1. The molecule has 1 saturated heterocycles. The van der Waals surface area contributed by atoms with E-state index < -0.39 is 0 Å². The molecule has 0 saturated carbocycles. The maximum absolute atomic E-state index is 12.2. The quantitative estimate of drug-likeness (QED) is 0.909. The van der Waals surface area contributed by atoms with Crippen molar-refractivity contribution in [1.29, 1.82) is 0 Å². The summed E-state index contributed by atoms with van der Waals surface area (Å²) in [7, 11) is 0. The maximum atomic E-state index is 12.2. The molecule has 23 heavy (non-hydrogen) atoms. The Balaban J connectivity index is 1.73. The third-order valence-corrected chi connectivity index (χ3v) is 4.00. The van der Waals surface area contributed by atoms with E-state index in [2.05, 4.69) is 10.3 Å². The first-order chi connectivity index (χ1) is 11.1. The maximum Gasteiger partial charge on any atom is 0.261 e. The normalized spacial score (nSPS) is 17.2. The smallest absolute Gasteiger partial charge is 0.261 e. The number of amides is 1. The lowest BCUT2D eigenvalue weighted by Crippen LogP contribution is -2.35. The molecule has 2 heterocycles. The number of rotatable bonds is 4. The summed E-state index contributed by atoms with van der Waals surface area (Å²) in [5.74, 6) is -0.363. The SMILES string of the molecule is Cc1cccc(-c2ccc(C(=O)NC[C@H]3CCCO3)c(=O)[nH]2)c1. The fraction of sp³-hybridized carbons (Fsp3) is 0.333. The summed E-state index contributed by atoms with van der Waals surface area (Å²) in [5, 5.41) is 2.77. The Labute approximate surface area is 134 Å². The van der Waals surface area contributed by atoms with Crippen LogP contribution in [0.25, 0.3) is 11.3 Å². The Morgan fingerprint density at radius 3 is 2.91 bits per heavy atom. The third kappa shape index (κ3) is 3.68. The zero-order chi connectivity index (χ0) is 16.2. The van der Waals surface area contributed by atoms with E-state index in [1.54, 1.807) is 12.1 Å². The fourth-order valence-corrected chi connectivity index (χ4v) is 2.74. The van der Waals surface area contributed by atoms with E-state index in [4.69, 9.17) is 4.74 Å². The molecule has 3 rings (SSSR count). The molecule has 1 aromatic heterocycles. The van der Waals surface area contributed by atoms with Crippen molar-refractivity contribution < 1.29 is 9.53 Å². The zero-order valence-corrected chi connectivity index (χ0v) is 13.1. The largest absolute Gasteiger partial charge is 0.376 e. The van der Waals surface area contributed by atoms with Crippen LogP contribution in [0.2, 0.25) is 0 Å². The van der Waals surface area contributed by atoms with Crippen LogP contribution in [0.5, 0.6) is 0 Å². The van der Waals surface area contributed by atoms with E-state index in [1.165, 1.54) is 0 Å². The van der Waals surface area contributed by atoms with Gasteiger partial charge in [-0.2, -0.15) is 0 Å². The Kier molecular flexibility index (Phi) is 4.57. The second-order valence-electron chi connectivity index (χ2n) is 5.83. The molecule has 0 bridgehead atoms. The Morgan fingerprint density at radius 1 is 1.35 bits per heavy atom. The second-order valence-corrected chi connectivity index (χ2v) is 5.83. The number of ether oxygens (including phenoxy) is 1. The number of H-pyrrole nitrogens is 1. The minimum Gasteiger partial charge on any atom is -0.376 e. The van der Waals surface area contributed by atoms with Crippen LogP contribution in [0.1, 0.15) is 28.8 Å². The third-order valence-electron chi connectivity index (χ3n) is 4.00. The summed E-state index contributed by atoms with van der Waals surface area (Å²) in [6.07, 6.45) is 2.03. The molecule has 2 N–H and O–H groups in total. The van der Waals surface area contributed by atoms with Gasteiger partial charge in [0.2, 0.25) is 0 Å². The molecular weight excluding hydrogens is 292 g/mol. The van der Waals surface area contributed by atoms with Crippen molar-refractivity contribution >= 4 is 5.91 Å². The number of benzene rings is 1. The summed E-state index contributed by atoms with van der Waals surface area (Å²) < 4.78 is 5.46. The van der Waals surface area contributed by atoms with Crippen molar-refractivity contribution in [1.82, 2.24) is 10.3 Å². The van der Waals surface area contributed by atoms with Crippen LogP contribution in [0.3, 0.4) is 0 Å². The van der Waals surface area contributed by atoms with E-state index in [0.717, 1.165) is 30.6 Å². The molecule has 5 nitrogen and oxygen atoms in total. The minimum atomic E-state index is -0.381. The second kappa shape index (κ2) is 6.79. The van der Waals surface area contributed by atoms with E-state index >= 15 is 0 Å². The summed E-state index contributed by atoms with van der Waals surface area (Å²) in [6.45, 7) is 3.18. The summed E-state index contributed by atoms with van der Waals surface area (Å²) in [6, 6.07) is 11.2. The molecule has 1 aromatic carbocycles. The lowest BCUT2D eigenvalue weighted by molar-refractivity contribution is 0.0856. The summed E-state index contributed by atoms with van der Waals surface area (Å²) >= 11 is 0. The van der Waals surface area contributed by atoms with Crippen LogP contribution in [0.4, 0.5) is 0 Å². The highest BCUT2D eigenvalue weighted by Gasteiger charge is 2.18. The molecule has 120 valence electrons. The molecule has 2 aromatic rings. The summed E-state index contributed by atoms with van der Waals surface area (Å²) in [5.41, 5.74) is 2.48. The number of nitrogens with one attached hydrogen (secondary N) is 2. The topological polar surface area (TPSA) is 71.2 Å². The van der Waals surface area contributed by atoms with E-state index in [0.29, 0.717) is 12.2 Å². The number of carbonyl (C=O) groups is 1. The van der Waals surface area contributed by atoms with Gasteiger partial charge in [0, 0.05) is 18.8 Å². The molecule has 0 radical (unpaired) electrons. The van der Waals surface area contributed by atoms with Gasteiger partial charge in [-0.25, -0.2) is 0 Å². The first-order valence-electron chi connectivity index (χ1n) is 7.83. The molecular formula is C18H20N2O3. The monoisotopic (exact) mass is 312 g/mol. The van der Waals surface area contributed by atoms with Crippen LogP contribution in [-0.4, -0.2) is 30.1 Å². The molecule has 5 heteroatoms. The lowest BCUT2D eigenvalue weighted by atomic mass is 10.1. The van der Waals surface area contributed by atoms with Crippen LogP contribution >= 0.6 is 0 Å². The molecule has 1 fully saturated rings.